The van der Waals surface area contributed by atoms with E-state index in [4.69, 9.17) is 5.11 Å². The standard InChI is InChI=1S/C22H19BrN2O5/c1-3-13-9-16-17(7-8-19(27)28)22(21(29)30,25-20(16)18(23)10-13)14-5-4-6-15(11-14)24-12(2)26/h4-11H,3H2,1-2H3,(H,24,26)(H,27,28)(H,29,30). The molecule has 0 saturated carbocycles. The number of hydrogen-bond acceptors (Lipinski definition) is 4. The highest BCUT2D eigenvalue weighted by Gasteiger charge is 2.46. The number of rotatable bonds is 6. The number of anilines is 1. The van der Waals surface area contributed by atoms with Gasteiger partial charge in [0.1, 0.15) is 0 Å². The molecule has 154 valence electrons. The van der Waals surface area contributed by atoms with Gasteiger partial charge in [0.2, 0.25) is 11.4 Å². The molecule has 0 fully saturated rings. The van der Waals surface area contributed by atoms with E-state index in [0.29, 0.717) is 32.7 Å². The van der Waals surface area contributed by atoms with Crippen molar-refractivity contribution in [1.29, 1.82) is 0 Å². The van der Waals surface area contributed by atoms with Crippen LogP contribution in [0.4, 0.5) is 5.69 Å². The van der Waals surface area contributed by atoms with Crippen molar-refractivity contribution in [3.8, 4) is 0 Å². The Kier molecular flexibility index (Phi) is 5.89. The van der Waals surface area contributed by atoms with E-state index in [1.165, 1.54) is 19.1 Å². The molecule has 0 radical (unpaired) electrons. The second-order valence-electron chi connectivity index (χ2n) is 6.80. The molecular weight excluding hydrogens is 452 g/mol. The number of fused-ring (bicyclic) bond motifs is 1. The maximum Gasteiger partial charge on any atom is 0.341 e. The molecule has 0 saturated heterocycles. The van der Waals surface area contributed by atoms with Gasteiger partial charge in [0.05, 0.1) is 5.36 Å². The quantitative estimate of drug-likeness (QED) is 0.560. The zero-order valence-electron chi connectivity index (χ0n) is 16.3. The number of aliphatic carboxylic acids is 2. The second kappa shape index (κ2) is 8.23. The van der Waals surface area contributed by atoms with Crippen molar-refractivity contribution in [3.63, 3.8) is 0 Å². The first kappa shape index (κ1) is 21.4. The molecule has 3 N–H and O–H groups in total. The molecule has 1 heterocycles. The fraction of sp³-hybridized carbons (Fsp3) is 0.182. The lowest BCUT2D eigenvalue weighted by Crippen LogP contribution is -2.34. The predicted octanol–water partition coefficient (Wildman–Crippen LogP) is 2.37. The Bertz CT molecular complexity index is 1220. The van der Waals surface area contributed by atoms with Crippen LogP contribution < -0.4 is 15.9 Å². The first-order valence-corrected chi connectivity index (χ1v) is 9.94. The fourth-order valence-corrected chi connectivity index (χ4v) is 4.09. The predicted molar refractivity (Wildman–Crippen MR) is 115 cm³/mol. The number of hydrogen-bond donors (Lipinski definition) is 3. The van der Waals surface area contributed by atoms with Crippen molar-refractivity contribution in [2.24, 2.45) is 4.99 Å². The zero-order chi connectivity index (χ0) is 22.1. The molecule has 0 aliphatic carbocycles. The summed E-state index contributed by atoms with van der Waals surface area (Å²) >= 11 is 3.47. The van der Waals surface area contributed by atoms with Crippen LogP contribution in [0.3, 0.4) is 0 Å². The summed E-state index contributed by atoms with van der Waals surface area (Å²) in [5.41, 5.74) is 0.0418. The van der Waals surface area contributed by atoms with Crippen LogP contribution in [0.15, 0.2) is 58.0 Å². The van der Waals surface area contributed by atoms with Crippen LogP contribution in [0.2, 0.25) is 0 Å². The lowest BCUT2D eigenvalue weighted by Gasteiger charge is -2.25. The van der Waals surface area contributed by atoms with Crippen LogP contribution in [0.5, 0.6) is 0 Å². The highest BCUT2D eigenvalue weighted by molar-refractivity contribution is 9.10. The molecule has 2 aromatic rings. The summed E-state index contributed by atoms with van der Waals surface area (Å²) in [5.74, 6) is -2.75. The molecule has 1 atom stereocenters. The third-order valence-electron chi connectivity index (χ3n) is 4.79. The van der Waals surface area contributed by atoms with Gasteiger partial charge in [-0.25, -0.2) is 9.59 Å². The monoisotopic (exact) mass is 470 g/mol. The summed E-state index contributed by atoms with van der Waals surface area (Å²) in [6.07, 6.45) is 2.89. The van der Waals surface area contributed by atoms with Gasteiger partial charge in [-0.05, 0) is 63.8 Å². The molecular formula is C22H19BrN2O5. The number of nitrogens with zero attached hydrogens (tertiary/aromatic N) is 1. The summed E-state index contributed by atoms with van der Waals surface area (Å²) in [6, 6.07) is 10.1. The number of carbonyl (C=O) groups excluding carboxylic acids is 1. The van der Waals surface area contributed by atoms with E-state index in [9.17, 15) is 19.5 Å². The molecule has 30 heavy (non-hydrogen) atoms. The number of carboxylic acids is 2. The largest absolute Gasteiger partial charge is 0.479 e. The molecule has 1 amide bonds. The van der Waals surface area contributed by atoms with Gasteiger partial charge in [0.15, 0.2) is 0 Å². The number of amides is 1. The second-order valence-corrected chi connectivity index (χ2v) is 7.66. The Balaban J connectivity index is 2.41. The van der Waals surface area contributed by atoms with Crippen LogP contribution in [-0.4, -0.2) is 28.1 Å². The highest BCUT2D eigenvalue weighted by Crippen LogP contribution is 2.38. The van der Waals surface area contributed by atoms with E-state index in [2.05, 4.69) is 26.2 Å². The number of halogens is 1. The van der Waals surface area contributed by atoms with Crippen molar-refractivity contribution < 1.29 is 24.6 Å². The van der Waals surface area contributed by atoms with Crippen LogP contribution >= 0.6 is 15.9 Å². The van der Waals surface area contributed by atoms with Gasteiger partial charge < -0.3 is 15.5 Å². The Morgan fingerprint density at radius 1 is 1.20 bits per heavy atom. The third kappa shape index (κ3) is 3.78. The summed E-state index contributed by atoms with van der Waals surface area (Å²) in [4.78, 5) is 39.9. The maximum atomic E-state index is 12.6. The number of carbonyl (C=O) groups is 3. The van der Waals surface area contributed by atoms with Gasteiger partial charge >= 0.3 is 11.9 Å². The van der Waals surface area contributed by atoms with Crippen molar-refractivity contribution >= 4 is 45.0 Å². The molecule has 2 aromatic carbocycles. The highest BCUT2D eigenvalue weighted by atomic mass is 79.9. The van der Waals surface area contributed by atoms with Gasteiger partial charge in [0.25, 0.3) is 0 Å². The number of benzene rings is 2. The minimum Gasteiger partial charge on any atom is -0.479 e. The summed E-state index contributed by atoms with van der Waals surface area (Å²) in [6.45, 7) is 3.32. The van der Waals surface area contributed by atoms with E-state index in [1.807, 2.05) is 19.1 Å². The normalized spacial score (nSPS) is 17.5. The lowest BCUT2D eigenvalue weighted by molar-refractivity contribution is -0.141. The summed E-state index contributed by atoms with van der Waals surface area (Å²) in [5, 5.41) is 23.1. The van der Waals surface area contributed by atoms with Crippen molar-refractivity contribution in [3.05, 3.63) is 74.7 Å². The van der Waals surface area contributed by atoms with Gasteiger partial charge in [-0.15, -0.1) is 0 Å². The first-order chi connectivity index (χ1) is 14.2. The number of aryl methyl sites for hydroxylation is 1. The summed E-state index contributed by atoms with van der Waals surface area (Å²) < 4.78 is 0.624. The Hall–Kier alpha value is -3.26. The topological polar surface area (TPSA) is 116 Å². The minimum absolute atomic E-state index is 0.239. The molecule has 0 spiro atoms. The Morgan fingerprint density at radius 2 is 1.93 bits per heavy atom. The molecule has 0 bridgehead atoms. The van der Waals surface area contributed by atoms with Crippen LogP contribution in [0.1, 0.15) is 25.0 Å². The molecule has 7 nitrogen and oxygen atoms in total. The number of nitrogens with one attached hydrogen (secondary N) is 1. The molecule has 1 aliphatic rings. The van der Waals surface area contributed by atoms with E-state index in [-0.39, 0.29) is 11.5 Å². The molecule has 3 rings (SSSR count). The van der Waals surface area contributed by atoms with E-state index >= 15 is 0 Å². The van der Waals surface area contributed by atoms with Gasteiger partial charge in [-0.2, -0.15) is 0 Å². The fourth-order valence-electron chi connectivity index (χ4n) is 3.50. The molecule has 1 unspecified atom stereocenters. The van der Waals surface area contributed by atoms with Gasteiger partial charge in [-0.3, -0.25) is 9.79 Å². The van der Waals surface area contributed by atoms with E-state index < -0.39 is 17.5 Å². The molecule has 0 aromatic heterocycles. The maximum absolute atomic E-state index is 12.6. The van der Waals surface area contributed by atoms with Crippen LogP contribution in [0.25, 0.3) is 5.57 Å². The smallest absolute Gasteiger partial charge is 0.341 e. The van der Waals surface area contributed by atoms with Crippen molar-refractivity contribution in [2.45, 2.75) is 25.8 Å². The average molecular weight is 471 g/mol. The van der Waals surface area contributed by atoms with Crippen molar-refractivity contribution in [2.75, 3.05) is 5.32 Å². The SMILES string of the molecule is CCc1cc(Br)c2c(c1)=C(C=CC(=O)O)C(C(=O)O)(c1cccc(NC(C)=O)c1)N=2. The van der Waals surface area contributed by atoms with Gasteiger partial charge in [-0.1, -0.05) is 19.1 Å². The zero-order valence-corrected chi connectivity index (χ0v) is 17.9. The van der Waals surface area contributed by atoms with E-state index in [1.54, 1.807) is 18.2 Å². The van der Waals surface area contributed by atoms with Gasteiger partial charge in [0, 0.05) is 34.0 Å². The summed E-state index contributed by atoms with van der Waals surface area (Å²) in [7, 11) is 0. The first-order valence-electron chi connectivity index (χ1n) is 9.14. The Morgan fingerprint density at radius 3 is 2.53 bits per heavy atom. The van der Waals surface area contributed by atoms with E-state index in [0.717, 1.165) is 11.6 Å². The Labute approximate surface area is 180 Å². The minimum atomic E-state index is -1.86. The lowest BCUT2D eigenvalue weighted by atomic mass is 9.82. The molecule has 1 aliphatic heterocycles. The molecule has 8 heteroatoms. The van der Waals surface area contributed by atoms with Crippen LogP contribution in [-0.2, 0) is 26.3 Å². The average Bonchev–Trinajstić information content (AvgIpc) is 3.02. The number of carboxylic acid groups (broad SMARTS) is 2. The van der Waals surface area contributed by atoms with Crippen LogP contribution in [0, 0.1) is 0 Å². The third-order valence-corrected chi connectivity index (χ3v) is 5.40. The van der Waals surface area contributed by atoms with Crippen molar-refractivity contribution in [1.82, 2.24) is 0 Å².